The van der Waals surface area contributed by atoms with Crippen LogP contribution in [0.5, 0.6) is 5.75 Å². The lowest BCUT2D eigenvalue weighted by Crippen LogP contribution is -2.31. The number of amides is 1. The van der Waals surface area contributed by atoms with Gasteiger partial charge in [0, 0.05) is 19.3 Å². The fourth-order valence-corrected chi connectivity index (χ4v) is 1.27. The van der Waals surface area contributed by atoms with Crippen molar-refractivity contribution in [1.82, 2.24) is 5.32 Å². The average Bonchev–Trinajstić information content (AvgIpc) is 2.42. The highest BCUT2D eigenvalue weighted by atomic mass is 16.5. The summed E-state index contributed by atoms with van der Waals surface area (Å²) >= 11 is 0. The number of nitrogens with two attached hydrogens (primary N) is 1. The van der Waals surface area contributed by atoms with Gasteiger partial charge in [-0.15, -0.1) is 0 Å². The Hall–Kier alpha value is -1.79. The first-order chi connectivity index (χ1) is 9.22. The molecule has 0 aliphatic heterocycles. The molecular formula is C13H20N2O4. The minimum absolute atomic E-state index is 0.0258. The molecule has 0 bridgehead atoms. The number of carbonyl (C=O) groups excluding carboxylic acids is 1. The van der Waals surface area contributed by atoms with E-state index in [1.807, 2.05) is 0 Å². The van der Waals surface area contributed by atoms with Gasteiger partial charge in [-0.3, -0.25) is 4.79 Å². The lowest BCUT2D eigenvalue weighted by atomic mass is 10.3. The second-order valence-electron chi connectivity index (χ2n) is 3.81. The van der Waals surface area contributed by atoms with E-state index in [1.165, 1.54) is 0 Å². The summed E-state index contributed by atoms with van der Waals surface area (Å²) in [6, 6.07) is 6.88. The minimum atomic E-state index is -0.188. The Labute approximate surface area is 112 Å². The molecule has 0 aliphatic carbocycles. The number of anilines is 1. The van der Waals surface area contributed by atoms with Crippen molar-refractivity contribution >= 4 is 11.6 Å². The SMILES string of the molecule is COCCOCCNC(=O)COc1ccc(N)cc1. The average molecular weight is 268 g/mol. The second kappa shape index (κ2) is 9.18. The molecule has 0 unspecified atom stereocenters. The lowest BCUT2D eigenvalue weighted by molar-refractivity contribution is -0.123. The predicted molar refractivity (Wildman–Crippen MR) is 72.1 cm³/mol. The molecule has 6 nitrogen and oxygen atoms in total. The van der Waals surface area contributed by atoms with Crippen molar-refractivity contribution in [3.05, 3.63) is 24.3 Å². The van der Waals surface area contributed by atoms with E-state index in [4.69, 9.17) is 19.9 Å². The fourth-order valence-electron chi connectivity index (χ4n) is 1.27. The summed E-state index contributed by atoms with van der Waals surface area (Å²) in [5, 5.41) is 2.69. The van der Waals surface area contributed by atoms with Gasteiger partial charge in [0.15, 0.2) is 6.61 Å². The summed E-state index contributed by atoms with van der Waals surface area (Å²) in [7, 11) is 1.61. The van der Waals surface area contributed by atoms with Gasteiger partial charge in [0.1, 0.15) is 5.75 Å². The van der Waals surface area contributed by atoms with Crippen molar-refractivity contribution in [2.75, 3.05) is 45.8 Å². The van der Waals surface area contributed by atoms with Crippen molar-refractivity contribution < 1.29 is 19.0 Å². The summed E-state index contributed by atoms with van der Waals surface area (Å²) in [5.41, 5.74) is 6.20. The molecule has 1 aromatic rings. The number of hydrogen-bond donors (Lipinski definition) is 2. The van der Waals surface area contributed by atoms with Gasteiger partial charge in [0.2, 0.25) is 0 Å². The van der Waals surface area contributed by atoms with E-state index in [9.17, 15) is 4.79 Å². The first-order valence-corrected chi connectivity index (χ1v) is 6.04. The zero-order valence-corrected chi connectivity index (χ0v) is 11.1. The summed E-state index contributed by atoms with van der Waals surface area (Å²) in [6.07, 6.45) is 0. The van der Waals surface area contributed by atoms with Gasteiger partial charge in [-0.05, 0) is 24.3 Å². The zero-order chi connectivity index (χ0) is 13.9. The number of benzene rings is 1. The quantitative estimate of drug-likeness (QED) is 0.501. The van der Waals surface area contributed by atoms with Gasteiger partial charge in [-0.2, -0.15) is 0 Å². The first-order valence-electron chi connectivity index (χ1n) is 6.04. The minimum Gasteiger partial charge on any atom is -0.484 e. The van der Waals surface area contributed by atoms with E-state index in [0.29, 0.717) is 37.8 Å². The molecule has 0 heterocycles. The van der Waals surface area contributed by atoms with Crippen LogP contribution >= 0.6 is 0 Å². The van der Waals surface area contributed by atoms with Gasteiger partial charge < -0.3 is 25.3 Å². The first kappa shape index (κ1) is 15.3. The van der Waals surface area contributed by atoms with Crippen molar-refractivity contribution in [3.63, 3.8) is 0 Å². The van der Waals surface area contributed by atoms with Crippen LogP contribution in [0, 0.1) is 0 Å². The van der Waals surface area contributed by atoms with Crippen LogP contribution in [0.2, 0.25) is 0 Å². The zero-order valence-electron chi connectivity index (χ0n) is 11.1. The summed E-state index contributed by atoms with van der Waals surface area (Å²) in [6.45, 7) is 1.95. The second-order valence-corrected chi connectivity index (χ2v) is 3.81. The Kier molecular flexibility index (Phi) is 7.38. The summed E-state index contributed by atoms with van der Waals surface area (Å²) in [4.78, 5) is 11.4. The third kappa shape index (κ3) is 7.28. The van der Waals surface area contributed by atoms with Crippen LogP contribution in [0.1, 0.15) is 0 Å². The largest absolute Gasteiger partial charge is 0.484 e. The molecule has 19 heavy (non-hydrogen) atoms. The Morgan fingerprint density at radius 3 is 2.63 bits per heavy atom. The van der Waals surface area contributed by atoms with Crippen LogP contribution in [0.4, 0.5) is 5.69 Å². The Morgan fingerprint density at radius 2 is 1.95 bits per heavy atom. The highest BCUT2D eigenvalue weighted by Crippen LogP contribution is 2.12. The summed E-state index contributed by atoms with van der Waals surface area (Å²) < 4.78 is 15.3. The fraction of sp³-hybridized carbons (Fsp3) is 0.462. The van der Waals surface area contributed by atoms with E-state index >= 15 is 0 Å². The maximum absolute atomic E-state index is 11.4. The van der Waals surface area contributed by atoms with Gasteiger partial charge in [-0.25, -0.2) is 0 Å². The van der Waals surface area contributed by atoms with E-state index in [-0.39, 0.29) is 12.5 Å². The number of carbonyl (C=O) groups is 1. The number of hydrogen-bond acceptors (Lipinski definition) is 5. The van der Waals surface area contributed by atoms with Gasteiger partial charge in [0.05, 0.1) is 19.8 Å². The van der Waals surface area contributed by atoms with Crippen LogP contribution in [0.15, 0.2) is 24.3 Å². The van der Waals surface area contributed by atoms with Crippen molar-refractivity contribution in [2.24, 2.45) is 0 Å². The molecule has 0 spiro atoms. The Balaban J connectivity index is 2.06. The van der Waals surface area contributed by atoms with Crippen LogP contribution in [0.25, 0.3) is 0 Å². The molecule has 1 rings (SSSR count). The van der Waals surface area contributed by atoms with Gasteiger partial charge in [-0.1, -0.05) is 0 Å². The molecule has 0 atom stereocenters. The molecule has 0 saturated carbocycles. The van der Waals surface area contributed by atoms with Crippen molar-refractivity contribution in [1.29, 1.82) is 0 Å². The monoisotopic (exact) mass is 268 g/mol. The molecule has 0 radical (unpaired) electrons. The van der Waals surface area contributed by atoms with E-state index < -0.39 is 0 Å². The molecule has 0 saturated heterocycles. The van der Waals surface area contributed by atoms with Crippen LogP contribution < -0.4 is 15.8 Å². The molecule has 106 valence electrons. The van der Waals surface area contributed by atoms with Crippen LogP contribution in [0.3, 0.4) is 0 Å². The molecule has 0 fully saturated rings. The van der Waals surface area contributed by atoms with E-state index in [1.54, 1.807) is 31.4 Å². The smallest absolute Gasteiger partial charge is 0.258 e. The third-order valence-electron chi connectivity index (χ3n) is 2.25. The van der Waals surface area contributed by atoms with Gasteiger partial charge >= 0.3 is 0 Å². The number of ether oxygens (including phenoxy) is 3. The normalized spacial score (nSPS) is 10.2. The standard InChI is InChI=1S/C13H20N2O4/c1-17-8-9-18-7-6-15-13(16)10-19-12-4-2-11(14)3-5-12/h2-5H,6-10,14H2,1H3,(H,15,16). The molecule has 6 heteroatoms. The molecule has 0 aliphatic rings. The number of nitrogen functional groups attached to an aromatic ring is 1. The molecular weight excluding hydrogens is 248 g/mol. The maximum Gasteiger partial charge on any atom is 0.258 e. The highest BCUT2D eigenvalue weighted by molar-refractivity contribution is 5.77. The Morgan fingerprint density at radius 1 is 1.21 bits per heavy atom. The summed E-state index contributed by atoms with van der Waals surface area (Å²) in [5.74, 6) is 0.424. The highest BCUT2D eigenvalue weighted by Gasteiger charge is 2.01. The third-order valence-corrected chi connectivity index (χ3v) is 2.25. The van der Waals surface area contributed by atoms with Crippen molar-refractivity contribution in [2.45, 2.75) is 0 Å². The molecule has 0 aromatic heterocycles. The van der Waals surface area contributed by atoms with Gasteiger partial charge in [0.25, 0.3) is 5.91 Å². The van der Waals surface area contributed by atoms with Crippen LogP contribution in [-0.2, 0) is 14.3 Å². The van der Waals surface area contributed by atoms with Crippen molar-refractivity contribution in [3.8, 4) is 5.75 Å². The lowest BCUT2D eigenvalue weighted by Gasteiger charge is -2.08. The van der Waals surface area contributed by atoms with E-state index in [2.05, 4.69) is 5.32 Å². The predicted octanol–water partition coefficient (Wildman–Crippen LogP) is 0.427. The maximum atomic E-state index is 11.4. The number of methoxy groups -OCH3 is 1. The topological polar surface area (TPSA) is 82.8 Å². The molecule has 3 N–H and O–H groups in total. The number of rotatable bonds is 9. The Bertz CT molecular complexity index is 367. The molecule has 1 aromatic carbocycles. The number of nitrogens with one attached hydrogen (secondary N) is 1. The molecule has 1 amide bonds. The van der Waals surface area contributed by atoms with Crippen LogP contribution in [-0.4, -0.2) is 46.0 Å². The van der Waals surface area contributed by atoms with E-state index in [0.717, 1.165) is 0 Å².